The molecule has 1 aromatic heterocycles. The van der Waals surface area contributed by atoms with Crippen molar-refractivity contribution in [3.63, 3.8) is 0 Å². The van der Waals surface area contributed by atoms with Crippen molar-refractivity contribution in [2.75, 3.05) is 18.8 Å². The van der Waals surface area contributed by atoms with Gasteiger partial charge in [0, 0.05) is 19.5 Å². The zero-order chi connectivity index (χ0) is 17.9. The first-order valence-electron chi connectivity index (χ1n) is 7.97. The third kappa shape index (κ3) is 4.30. The van der Waals surface area contributed by atoms with Gasteiger partial charge in [0.1, 0.15) is 5.82 Å². The van der Waals surface area contributed by atoms with E-state index in [9.17, 15) is 4.79 Å². The molecule has 130 valence electrons. The van der Waals surface area contributed by atoms with Crippen LogP contribution < -0.4 is 5.73 Å². The maximum absolute atomic E-state index is 11.0. The smallest absolute Gasteiger partial charge is 0.407 e. The number of anilines is 1. The molecule has 1 aromatic rings. The molecule has 0 saturated carbocycles. The predicted molar refractivity (Wildman–Crippen MR) is 93.8 cm³/mol. The van der Waals surface area contributed by atoms with Gasteiger partial charge in [-0.05, 0) is 42.7 Å². The van der Waals surface area contributed by atoms with Crippen LogP contribution in [-0.4, -0.2) is 39.2 Å². The fourth-order valence-corrected chi connectivity index (χ4v) is 3.29. The molecule has 0 radical (unpaired) electrons. The van der Waals surface area contributed by atoms with Crippen molar-refractivity contribution in [2.45, 2.75) is 40.0 Å². The van der Waals surface area contributed by atoms with E-state index in [2.05, 4.69) is 35.7 Å². The number of hydrogen-bond acceptors (Lipinski definition) is 4. The van der Waals surface area contributed by atoms with Gasteiger partial charge in [0.2, 0.25) is 5.28 Å². The second kappa shape index (κ2) is 7.27. The van der Waals surface area contributed by atoms with Crippen molar-refractivity contribution >= 4 is 23.5 Å². The summed E-state index contributed by atoms with van der Waals surface area (Å²) in [5.74, 6) is 7.00. The molecule has 6 nitrogen and oxygen atoms in total. The number of carboxylic acid groups (broad SMARTS) is 1. The molecule has 1 amide bonds. The molecule has 0 unspecified atom stereocenters. The van der Waals surface area contributed by atoms with Crippen LogP contribution in [0.4, 0.5) is 10.6 Å². The number of carbonyl (C=O) groups is 1. The van der Waals surface area contributed by atoms with Crippen molar-refractivity contribution in [1.82, 2.24) is 14.9 Å². The molecule has 2 heterocycles. The number of aromatic nitrogens is 2. The van der Waals surface area contributed by atoms with Gasteiger partial charge in [-0.25, -0.2) is 9.78 Å². The minimum Gasteiger partial charge on any atom is -0.465 e. The number of nitrogens with two attached hydrogens (primary N) is 1. The van der Waals surface area contributed by atoms with Gasteiger partial charge in [-0.2, -0.15) is 4.98 Å². The molecule has 3 N–H and O–H groups in total. The summed E-state index contributed by atoms with van der Waals surface area (Å²) in [6.45, 7) is 7.34. The van der Waals surface area contributed by atoms with E-state index >= 15 is 0 Å². The van der Waals surface area contributed by atoms with E-state index in [4.69, 9.17) is 22.4 Å². The molecule has 0 aliphatic carbocycles. The highest BCUT2D eigenvalue weighted by Crippen LogP contribution is 2.37. The fourth-order valence-electron chi connectivity index (χ4n) is 3.07. The lowest BCUT2D eigenvalue weighted by molar-refractivity contribution is 0.0903. The van der Waals surface area contributed by atoms with Gasteiger partial charge in [0.15, 0.2) is 0 Å². The first kappa shape index (κ1) is 18.3. The Labute approximate surface area is 147 Å². The van der Waals surface area contributed by atoms with E-state index in [0.29, 0.717) is 42.5 Å². The van der Waals surface area contributed by atoms with Crippen LogP contribution in [-0.2, 0) is 0 Å². The second-order valence-electron chi connectivity index (χ2n) is 6.85. The van der Waals surface area contributed by atoms with Gasteiger partial charge in [0.25, 0.3) is 0 Å². The van der Waals surface area contributed by atoms with Gasteiger partial charge in [-0.3, -0.25) is 0 Å². The maximum atomic E-state index is 11.0. The van der Waals surface area contributed by atoms with Crippen molar-refractivity contribution < 1.29 is 9.90 Å². The Hall–Kier alpha value is -2.00. The number of likely N-dealkylation sites (tertiary alicyclic amines) is 1. The predicted octanol–water partition coefficient (Wildman–Crippen LogP) is 3.18. The molecule has 0 atom stereocenters. The fraction of sp³-hybridized carbons (Fsp3) is 0.588. The third-order valence-corrected chi connectivity index (χ3v) is 4.89. The summed E-state index contributed by atoms with van der Waals surface area (Å²) in [5, 5.41) is 9.16. The molecule has 1 saturated heterocycles. The number of nitrogens with zero attached hydrogens (tertiary/aromatic N) is 3. The Bertz CT molecular complexity index is 663. The SMILES string of the molecule is Cc1nc(Cl)nc(N)c1C#CCC(C)(C)C1CCN(C(=O)O)CC1. The summed E-state index contributed by atoms with van der Waals surface area (Å²) in [4.78, 5) is 20.5. The summed E-state index contributed by atoms with van der Waals surface area (Å²) in [6, 6.07) is 0. The standard InChI is InChI=1S/C17H23ClN4O2/c1-11-13(14(19)21-15(18)20-11)5-4-8-17(2,3)12-6-9-22(10-7-12)16(23)24/h12H,6-10H2,1-3H3,(H,23,24)(H2,19,20,21). The van der Waals surface area contributed by atoms with E-state index < -0.39 is 6.09 Å². The zero-order valence-corrected chi connectivity index (χ0v) is 15.0. The average Bonchev–Trinajstić information content (AvgIpc) is 2.50. The molecular formula is C17H23ClN4O2. The molecule has 0 aromatic carbocycles. The third-order valence-electron chi connectivity index (χ3n) is 4.72. The molecule has 0 spiro atoms. The van der Waals surface area contributed by atoms with Crippen LogP contribution in [0, 0.1) is 30.1 Å². The highest BCUT2D eigenvalue weighted by molar-refractivity contribution is 6.28. The van der Waals surface area contributed by atoms with Crippen LogP contribution in [0.25, 0.3) is 0 Å². The molecule has 1 aliphatic heterocycles. The number of hydrogen-bond donors (Lipinski definition) is 2. The molecule has 7 heteroatoms. The van der Waals surface area contributed by atoms with Gasteiger partial charge in [-0.15, -0.1) is 0 Å². The van der Waals surface area contributed by atoms with Crippen LogP contribution in [0.5, 0.6) is 0 Å². The number of nitrogen functional groups attached to an aromatic ring is 1. The molecule has 1 fully saturated rings. The minimum atomic E-state index is -0.834. The van der Waals surface area contributed by atoms with Crippen molar-refractivity contribution in [1.29, 1.82) is 0 Å². The Morgan fingerprint density at radius 2 is 2.04 bits per heavy atom. The monoisotopic (exact) mass is 350 g/mol. The first-order valence-corrected chi connectivity index (χ1v) is 8.35. The summed E-state index contributed by atoms with van der Waals surface area (Å²) in [6.07, 6.45) is 1.60. The summed E-state index contributed by atoms with van der Waals surface area (Å²) < 4.78 is 0. The van der Waals surface area contributed by atoms with Crippen molar-refractivity contribution in [3.8, 4) is 11.8 Å². The number of aryl methyl sites for hydroxylation is 1. The van der Waals surface area contributed by atoms with E-state index in [0.717, 1.165) is 12.8 Å². The van der Waals surface area contributed by atoms with Crippen molar-refractivity contribution in [3.05, 3.63) is 16.5 Å². The highest BCUT2D eigenvalue weighted by Gasteiger charge is 2.33. The van der Waals surface area contributed by atoms with E-state index in [1.165, 1.54) is 4.90 Å². The van der Waals surface area contributed by atoms with Crippen LogP contribution >= 0.6 is 11.6 Å². The topological polar surface area (TPSA) is 92.3 Å². The summed E-state index contributed by atoms with van der Waals surface area (Å²) in [5.41, 5.74) is 7.16. The quantitative estimate of drug-likeness (QED) is 0.631. The Morgan fingerprint density at radius 1 is 1.42 bits per heavy atom. The first-order chi connectivity index (χ1) is 11.2. The second-order valence-corrected chi connectivity index (χ2v) is 7.19. The molecule has 24 heavy (non-hydrogen) atoms. The number of piperidine rings is 1. The number of halogens is 1. The number of amides is 1. The number of rotatable bonds is 2. The van der Waals surface area contributed by atoms with Gasteiger partial charge < -0.3 is 15.7 Å². The molecular weight excluding hydrogens is 328 g/mol. The Balaban J connectivity index is 2.03. The van der Waals surface area contributed by atoms with Crippen LogP contribution in [0.2, 0.25) is 5.28 Å². The zero-order valence-electron chi connectivity index (χ0n) is 14.3. The molecule has 0 bridgehead atoms. The lowest BCUT2D eigenvalue weighted by Gasteiger charge is -2.39. The maximum Gasteiger partial charge on any atom is 0.407 e. The summed E-state index contributed by atoms with van der Waals surface area (Å²) in [7, 11) is 0. The highest BCUT2D eigenvalue weighted by atomic mass is 35.5. The van der Waals surface area contributed by atoms with Crippen LogP contribution in [0.3, 0.4) is 0 Å². The van der Waals surface area contributed by atoms with E-state index in [1.54, 1.807) is 6.92 Å². The average molecular weight is 351 g/mol. The lowest BCUT2D eigenvalue weighted by Crippen LogP contribution is -2.41. The van der Waals surface area contributed by atoms with Gasteiger partial charge in [-0.1, -0.05) is 25.7 Å². The van der Waals surface area contributed by atoms with Crippen LogP contribution in [0.15, 0.2) is 0 Å². The van der Waals surface area contributed by atoms with Gasteiger partial charge >= 0.3 is 6.09 Å². The normalized spacial score (nSPS) is 15.8. The molecule has 1 aliphatic rings. The molecule has 2 rings (SSSR count). The minimum absolute atomic E-state index is 0.00748. The lowest BCUT2D eigenvalue weighted by atomic mass is 9.72. The Kier molecular flexibility index (Phi) is 5.55. The summed E-state index contributed by atoms with van der Waals surface area (Å²) >= 11 is 5.77. The Morgan fingerprint density at radius 3 is 2.58 bits per heavy atom. The largest absolute Gasteiger partial charge is 0.465 e. The van der Waals surface area contributed by atoms with E-state index in [1.807, 2.05) is 0 Å². The van der Waals surface area contributed by atoms with E-state index in [-0.39, 0.29) is 10.7 Å². The van der Waals surface area contributed by atoms with Crippen molar-refractivity contribution in [2.24, 2.45) is 11.3 Å². The van der Waals surface area contributed by atoms with Crippen LogP contribution in [0.1, 0.15) is 44.4 Å². The van der Waals surface area contributed by atoms with Gasteiger partial charge in [0.05, 0.1) is 11.3 Å².